The largest absolute Gasteiger partial charge is 0.436 e. The summed E-state index contributed by atoms with van der Waals surface area (Å²) in [6, 6.07) is 6.72. The average molecular weight is 676 g/mol. The molecule has 0 fully saturated rings. The summed E-state index contributed by atoms with van der Waals surface area (Å²) in [5.41, 5.74) is 0.268. The molecule has 1 aliphatic heterocycles. The fourth-order valence-corrected chi connectivity index (χ4v) is 5.33. The molecule has 4 aromatic rings. The van der Waals surface area contributed by atoms with Crippen LogP contribution in [0.1, 0.15) is 62.7 Å². The van der Waals surface area contributed by atoms with Gasteiger partial charge in [0, 0.05) is 28.3 Å². The minimum absolute atomic E-state index is 0.0266. The molecule has 17 heteroatoms. The van der Waals surface area contributed by atoms with Gasteiger partial charge in [-0.05, 0) is 50.1 Å². The summed E-state index contributed by atoms with van der Waals surface area (Å²) < 4.78 is 69.0. The number of fused-ring (bicyclic) bond motifs is 4. The second-order valence-corrected chi connectivity index (χ2v) is 11.1. The number of hydrogen-bond acceptors (Lipinski definition) is 7. The van der Waals surface area contributed by atoms with E-state index in [4.69, 9.17) is 11.6 Å². The first kappa shape index (κ1) is 33.4. The van der Waals surface area contributed by atoms with Crippen molar-refractivity contribution < 1.29 is 31.5 Å². The van der Waals surface area contributed by atoms with Gasteiger partial charge >= 0.3 is 12.7 Å². The Morgan fingerprint density at radius 2 is 2.00 bits per heavy atom. The molecule has 1 aromatic carbocycles. The van der Waals surface area contributed by atoms with E-state index < -0.39 is 30.4 Å². The number of aromatic nitrogens is 6. The minimum Gasteiger partial charge on any atom is -0.323 e. The van der Waals surface area contributed by atoms with Crippen LogP contribution in [-0.2, 0) is 15.8 Å². The average Bonchev–Trinajstić information content (AvgIpc) is 3.70. The summed E-state index contributed by atoms with van der Waals surface area (Å²) in [7, 11) is 0. The Kier molecular flexibility index (Phi) is 9.79. The van der Waals surface area contributed by atoms with Crippen molar-refractivity contribution >= 4 is 41.6 Å². The fourth-order valence-electron chi connectivity index (χ4n) is 5.16. The van der Waals surface area contributed by atoms with Gasteiger partial charge in [-0.15, -0.1) is 5.10 Å². The van der Waals surface area contributed by atoms with Crippen molar-refractivity contribution in [1.29, 1.82) is 0 Å². The van der Waals surface area contributed by atoms with Gasteiger partial charge in [0.05, 0.1) is 53.2 Å². The van der Waals surface area contributed by atoms with Gasteiger partial charge < -0.3 is 5.32 Å². The van der Waals surface area contributed by atoms with E-state index in [0.717, 1.165) is 17.1 Å². The van der Waals surface area contributed by atoms with Gasteiger partial charge in [-0.2, -0.15) is 27.1 Å². The maximum atomic E-state index is 13.9. The molecule has 5 rings (SSSR count). The van der Waals surface area contributed by atoms with Crippen molar-refractivity contribution in [3.8, 4) is 16.9 Å². The zero-order valence-corrected chi connectivity index (χ0v) is 25.6. The van der Waals surface area contributed by atoms with Crippen molar-refractivity contribution in [2.75, 3.05) is 5.32 Å². The Morgan fingerprint density at radius 1 is 1.21 bits per heavy atom. The molecule has 47 heavy (non-hydrogen) atoms. The SMILES string of the molecule is C/C=C(\N=CN(C=O)[C@H]1CCC[C@@H](C)C(=O)Nc2cnn(C(F)F)c2-c2ccnc1c2)c1cc(Cl)ccc1-n1cc(C(F)(F)F)nn1. The summed E-state index contributed by atoms with van der Waals surface area (Å²) >= 11 is 6.24. The Bertz CT molecular complexity index is 1840. The lowest BCUT2D eigenvalue weighted by Gasteiger charge is -2.26. The number of amides is 2. The number of rotatable bonds is 7. The highest BCUT2D eigenvalue weighted by Crippen LogP contribution is 2.36. The zero-order valence-electron chi connectivity index (χ0n) is 24.9. The lowest BCUT2D eigenvalue weighted by Crippen LogP contribution is -2.28. The molecule has 0 unspecified atom stereocenters. The second-order valence-electron chi connectivity index (χ2n) is 10.6. The summed E-state index contributed by atoms with van der Waals surface area (Å²) in [5.74, 6) is -0.863. The van der Waals surface area contributed by atoms with Crippen LogP contribution in [0.2, 0.25) is 5.02 Å². The molecule has 2 atom stereocenters. The summed E-state index contributed by atoms with van der Waals surface area (Å²) in [6.45, 7) is 0.347. The quantitative estimate of drug-likeness (QED) is 0.0980. The molecule has 1 aliphatic rings. The molecule has 2 amide bonds. The lowest BCUT2D eigenvalue weighted by atomic mass is 9.96. The topological polar surface area (TPSA) is 123 Å². The molecule has 11 nitrogen and oxygen atoms in total. The second kappa shape index (κ2) is 13.8. The lowest BCUT2D eigenvalue weighted by molar-refractivity contribution is -0.141. The molecule has 1 N–H and O–H groups in total. The van der Waals surface area contributed by atoms with Crippen LogP contribution < -0.4 is 5.32 Å². The van der Waals surface area contributed by atoms with Gasteiger partial charge in [-0.1, -0.05) is 36.2 Å². The van der Waals surface area contributed by atoms with E-state index in [-0.39, 0.29) is 39.3 Å². The smallest absolute Gasteiger partial charge is 0.323 e. The van der Waals surface area contributed by atoms with E-state index in [0.29, 0.717) is 41.6 Å². The highest BCUT2D eigenvalue weighted by Gasteiger charge is 2.35. The standard InChI is InChI=1S/C30H27ClF5N9O2/c1-3-21(20-12-19(31)7-8-24(20)44-14-26(41-42-44)30(34,35)36)38-15-43(16-46)25-6-4-5-17(2)28(47)40-23-13-39-45(29(32)33)27(23)18-9-10-37-22(25)11-18/h3,7-17,25,29H,4-6H2,1-2H3,(H,40,47)/b21-3-,38-15?/t17-,25+/m1/s1. The molecule has 0 spiro atoms. The first-order valence-electron chi connectivity index (χ1n) is 14.3. The Morgan fingerprint density at radius 3 is 2.68 bits per heavy atom. The number of carbonyl (C=O) groups excluding carboxylic acids is 2. The first-order valence-corrected chi connectivity index (χ1v) is 14.6. The minimum atomic E-state index is -4.71. The van der Waals surface area contributed by atoms with E-state index in [1.807, 2.05) is 0 Å². The van der Waals surface area contributed by atoms with Crippen molar-refractivity contribution in [3.63, 3.8) is 0 Å². The third-order valence-electron chi connectivity index (χ3n) is 7.55. The van der Waals surface area contributed by atoms with Gasteiger partial charge in [0.15, 0.2) is 5.69 Å². The molecule has 3 aromatic heterocycles. The number of benzene rings is 1. The van der Waals surface area contributed by atoms with Gasteiger partial charge in [0.25, 0.3) is 0 Å². The number of alkyl halides is 5. The molecular formula is C30H27ClF5N9O2. The number of carbonyl (C=O) groups is 2. The normalized spacial score (nSPS) is 17.6. The predicted molar refractivity (Wildman–Crippen MR) is 163 cm³/mol. The summed E-state index contributed by atoms with van der Waals surface area (Å²) in [5, 5.41) is 13.6. The maximum absolute atomic E-state index is 13.9. The number of allylic oxidation sites excluding steroid dienone is 1. The van der Waals surface area contributed by atoms with E-state index in [1.165, 1.54) is 41.7 Å². The predicted octanol–water partition coefficient (Wildman–Crippen LogP) is 6.94. The van der Waals surface area contributed by atoms with Crippen LogP contribution in [0.4, 0.5) is 27.6 Å². The van der Waals surface area contributed by atoms with Crippen molar-refractivity contribution in [2.45, 2.75) is 51.9 Å². The molecule has 0 saturated carbocycles. The third kappa shape index (κ3) is 7.21. The van der Waals surface area contributed by atoms with Crippen molar-refractivity contribution in [3.05, 3.63) is 77.0 Å². The molecule has 0 saturated heterocycles. The van der Waals surface area contributed by atoms with E-state index in [2.05, 4.69) is 30.7 Å². The molecule has 4 heterocycles. The van der Waals surface area contributed by atoms with Crippen LogP contribution in [0.5, 0.6) is 0 Å². The highest BCUT2D eigenvalue weighted by molar-refractivity contribution is 6.30. The molecule has 0 radical (unpaired) electrons. The van der Waals surface area contributed by atoms with E-state index in [9.17, 15) is 31.5 Å². The fraction of sp³-hybridized carbons (Fsp3) is 0.300. The zero-order chi connectivity index (χ0) is 33.9. The third-order valence-corrected chi connectivity index (χ3v) is 7.78. The Hall–Kier alpha value is -4.99. The van der Waals surface area contributed by atoms with Crippen LogP contribution in [0.25, 0.3) is 22.6 Å². The van der Waals surface area contributed by atoms with Crippen LogP contribution >= 0.6 is 11.6 Å². The number of hydrogen-bond donors (Lipinski definition) is 1. The van der Waals surface area contributed by atoms with Gasteiger partial charge in [0.1, 0.15) is 0 Å². The van der Waals surface area contributed by atoms with Crippen LogP contribution in [0, 0.1) is 5.92 Å². The molecular weight excluding hydrogens is 649 g/mol. The highest BCUT2D eigenvalue weighted by atomic mass is 35.5. The molecule has 2 bridgehead atoms. The maximum Gasteiger partial charge on any atom is 0.436 e. The van der Waals surface area contributed by atoms with Crippen LogP contribution in [0.15, 0.2) is 60.0 Å². The number of anilines is 1. The van der Waals surface area contributed by atoms with Crippen molar-refractivity contribution in [1.82, 2.24) is 34.7 Å². The first-order chi connectivity index (χ1) is 22.4. The summed E-state index contributed by atoms with van der Waals surface area (Å²) in [4.78, 5) is 35.6. The Balaban J connectivity index is 1.54. The number of pyridine rings is 1. The molecule has 246 valence electrons. The van der Waals surface area contributed by atoms with Gasteiger partial charge in [-0.3, -0.25) is 19.5 Å². The monoisotopic (exact) mass is 675 g/mol. The number of nitrogens with one attached hydrogen (secondary N) is 1. The molecule has 0 aliphatic carbocycles. The van der Waals surface area contributed by atoms with Crippen LogP contribution in [-0.4, -0.2) is 53.3 Å². The van der Waals surface area contributed by atoms with Gasteiger partial charge in [-0.25, -0.2) is 14.4 Å². The van der Waals surface area contributed by atoms with E-state index in [1.54, 1.807) is 26.0 Å². The van der Waals surface area contributed by atoms with Crippen molar-refractivity contribution in [2.24, 2.45) is 10.9 Å². The number of aliphatic imine (C=N–C) groups is 1. The number of halogens is 6. The Labute approximate surface area is 269 Å². The van der Waals surface area contributed by atoms with Gasteiger partial charge in [0.2, 0.25) is 12.3 Å². The van der Waals surface area contributed by atoms with E-state index >= 15 is 0 Å². The van der Waals surface area contributed by atoms with Crippen LogP contribution in [0.3, 0.4) is 0 Å². The summed E-state index contributed by atoms with van der Waals surface area (Å²) in [6.07, 6.45) is 3.15. The number of nitrogens with zero attached hydrogens (tertiary/aromatic N) is 8.